The van der Waals surface area contributed by atoms with Gasteiger partial charge in [-0.3, -0.25) is 0 Å². The minimum atomic E-state index is 0.277. The van der Waals surface area contributed by atoms with Crippen LogP contribution in [-0.4, -0.2) is 9.97 Å². The lowest BCUT2D eigenvalue weighted by atomic mass is 10.1. The quantitative estimate of drug-likeness (QED) is 0.756. The second-order valence-corrected chi connectivity index (χ2v) is 3.97. The van der Waals surface area contributed by atoms with E-state index in [9.17, 15) is 0 Å². The van der Waals surface area contributed by atoms with Crippen LogP contribution in [0.25, 0.3) is 0 Å². The van der Waals surface area contributed by atoms with Gasteiger partial charge in [0.05, 0.1) is 0 Å². The van der Waals surface area contributed by atoms with Crippen LogP contribution >= 0.6 is 0 Å². The second kappa shape index (κ2) is 5.45. The first-order valence-corrected chi connectivity index (χ1v) is 5.45. The molecule has 0 spiro atoms. The molecule has 1 heterocycles. The zero-order chi connectivity index (χ0) is 11.3. The van der Waals surface area contributed by atoms with Crippen molar-refractivity contribution in [2.75, 3.05) is 0 Å². The van der Waals surface area contributed by atoms with E-state index in [4.69, 9.17) is 5.26 Å². The highest BCUT2D eigenvalue weighted by molar-refractivity contribution is 5.23. The van der Waals surface area contributed by atoms with Gasteiger partial charge < -0.3 is 0 Å². The van der Waals surface area contributed by atoms with E-state index in [-0.39, 0.29) is 5.92 Å². The number of nitriles is 1. The van der Waals surface area contributed by atoms with Crippen molar-refractivity contribution in [3.63, 3.8) is 0 Å². The monoisotopic (exact) mass is 203 g/mol. The Hall–Kier alpha value is -1.43. The molecule has 3 nitrogen and oxygen atoms in total. The first kappa shape index (κ1) is 11.6. The number of aryl methyl sites for hydroxylation is 1. The SMILES string of the molecule is CCCCc1cc(C#N)nc(C(C)C)n1. The summed E-state index contributed by atoms with van der Waals surface area (Å²) in [6.07, 6.45) is 3.19. The topological polar surface area (TPSA) is 49.6 Å². The molecule has 0 N–H and O–H groups in total. The van der Waals surface area contributed by atoms with Crippen molar-refractivity contribution in [2.45, 2.75) is 46.0 Å². The maximum absolute atomic E-state index is 8.85. The fourth-order valence-electron chi connectivity index (χ4n) is 1.32. The summed E-state index contributed by atoms with van der Waals surface area (Å²) >= 11 is 0. The fraction of sp³-hybridized carbons (Fsp3) is 0.583. The number of aromatic nitrogens is 2. The molecule has 1 aromatic rings. The zero-order valence-electron chi connectivity index (χ0n) is 9.62. The van der Waals surface area contributed by atoms with Crippen molar-refractivity contribution in [3.05, 3.63) is 23.3 Å². The third-order valence-electron chi connectivity index (χ3n) is 2.21. The van der Waals surface area contributed by atoms with Gasteiger partial charge in [-0.2, -0.15) is 5.26 Å². The summed E-state index contributed by atoms with van der Waals surface area (Å²) in [5.41, 5.74) is 1.48. The Balaban J connectivity index is 2.96. The Kier molecular flexibility index (Phi) is 4.23. The van der Waals surface area contributed by atoms with Gasteiger partial charge in [-0.15, -0.1) is 0 Å². The van der Waals surface area contributed by atoms with Crippen LogP contribution in [0.1, 0.15) is 56.7 Å². The predicted molar refractivity (Wildman–Crippen MR) is 59.4 cm³/mol. The number of hydrogen-bond donors (Lipinski definition) is 0. The van der Waals surface area contributed by atoms with Gasteiger partial charge >= 0.3 is 0 Å². The summed E-state index contributed by atoms with van der Waals surface area (Å²) in [6.45, 7) is 6.23. The largest absolute Gasteiger partial charge is 0.238 e. The van der Waals surface area contributed by atoms with Gasteiger partial charge in [0.2, 0.25) is 0 Å². The molecule has 0 saturated heterocycles. The number of hydrogen-bond acceptors (Lipinski definition) is 3. The maximum atomic E-state index is 8.85. The molecule has 0 aliphatic rings. The van der Waals surface area contributed by atoms with Crippen molar-refractivity contribution < 1.29 is 0 Å². The van der Waals surface area contributed by atoms with E-state index in [1.54, 1.807) is 6.07 Å². The molecule has 0 radical (unpaired) electrons. The Labute approximate surface area is 91.2 Å². The van der Waals surface area contributed by atoms with Gasteiger partial charge in [0.15, 0.2) is 0 Å². The van der Waals surface area contributed by atoms with Gasteiger partial charge in [-0.25, -0.2) is 9.97 Å². The lowest BCUT2D eigenvalue weighted by Crippen LogP contribution is -2.03. The molecule has 0 amide bonds. The minimum Gasteiger partial charge on any atom is -0.238 e. The first-order chi connectivity index (χ1) is 7.17. The molecule has 1 rings (SSSR count). The molecular weight excluding hydrogens is 186 g/mol. The Bertz CT molecular complexity index is 364. The number of unbranched alkanes of at least 4 members (excludes halogenated alkanes) is 1. The van der Waals surface area contributed by atoms with Crippen LogP contribution in [0.4, 0.5) is 0 Å². The van der Waals surface area contributed by atoms with Crippen LogP contribution in [0.3, 0.4) is 0 Å². The molecule has 0 unspecified atom stereocenters. The van der Waals surface area contributed by atoms with Crippen LogP contribution in [-0.2, 0) is 6.42 Å². The van der Waals surface area contributed by atoms with Crippen molar-refractivity contribution in [1.29, 1.82) is 5.26 Å². The standard InChI is InChI=1S/C12H17N3/c1-4-5-6-10-7-11(8-13)15-12(14-10)9(2)3/h7,9H,4-6H2,1-3H3. The molecule has 3 heteroatoms. The molecule has 0 fully saturated rings. The van der Waals surface area contributed by atoms with Gasteiger partial charge in [-0.1, -0.05) is 27.2 Å². The van der Waals surface area contributed by atoms with Crippen molar-refractivity contribution in [3.8, 4) is 6.07 Å². The van der Waals surface area contributed by atoms with E-state index < -0.39 is 0 Å². The van der Waals surface area contributed by atoms with Crippen molar-refractivity contribution in [2.24, 2.45) is 0 Å². The van der Waals surface area contributed by atoms with Crippen molar-refractivity contribution >= 4 is 0 Å². The number of nitrogens with zero attached hydrogens (tertiary/aromatic N) is 3. The average Bonchev–Trinajstić information content (AvgIpc) is 2.25. The molecule has 0 aliphatic heterocycles. The van der Waals surface area contributed by atoms with Crippen LogP contribution in [0, 0.1) is 11.3 Å². The van der Waals surface area contributed by atoms with E-state index >= 15 is 0 Å². The highest BCUT2D eigenvalue weighted by atomic mass is 14.9. The average molecular weight is 203 g/mol. The Morgan fingerprint density at radius 2 is 2.13 bits per heavy atom. The van der Waals surface area contributed by atoms with Crippen molar-refractivity contribution in [1.82, 2.24) is 9.97 Å². The van der Waals surface area contributed by atoms with E-state index in [1.165, 1.54) is 0 Å². The Morgan fingerprint density at radius 3 is 2.67 bits per heavy atom. The summed E-state index contributed by atoms with van der Waals surface area (Å²) < 4.78 is 0. The molecular formula is C12H17N3. The second-order valence-electron chi connectivity index (χ2n) is 3.97. The summed E-state index contributed by atoms with van der Waals surface area (Å²) in [5, 5.41) is 8.85. The normalized spacial score (nSPS) is 10.3. The van der Waals surface area contributed by atoms with E-state index in [0.717, 1.165) is 30.8 Å². The zero-order valence-corrected chi connectivity index (χ0v) is 9.62. The van der Waals surface area contributed by atoms with Crippen LogP contribution < -0.4 is 0 Å². The smallest absolute Gasteiger partial charge is 0.144 e. The highest BCUT2D eigenvalue weighted by Crippen LogP contribution is 2.12. The Morgan fingerprint density at radius 1 is 1.40 bits per heavy atom. The fourth-order valence-corrected chi connectivity index (χ4v) is 1.32. The minimum absolute atomic E-state index is 0.277. The van der Waals surface area contributed by atoms with Gasteiger partial charge in [0.25, 0.3) is 0 Å². The lowest BCUT2D eigenvalue weighted by Gasteiger charge is -2.06. The first-order valence-electron chi connectivity index (χ1n) is 5.45. The van der Waals surface area contributed by atoms with E-state index in [2.05, 4.69) is 23.0 Å². The van der Waals surface area contributed by atoms with Gasteiger partial charge in [0, 0.05) is 11.6 Å². The molecule has 0 saturated carbocycles. The van der Waals surface area contributed by atoms with Crippen LogP contribution in [0.5, 0.6) is 0 Å². The molecule has 0 aromatic carbocycles. The summed E-state index contributed by atoms with van der Waals surface area (Å²) in [4.78, 5) is 8.64. The molecule has 0 aliphatic carbocycles. The van der Waals surface area contributed by atoms with Gasteiger partial charge in [-0.05, 0) is 18.9 Å². The third kappa shape index (κ3) is 3.32. The summed E-state index contributed by atoms with van der Waals surface area (Å²) in [7, 11) is 0. The molecule has 0 atom stereocenters. The predicted octanol–water partition coefficient (Wildman–Crippen LogP) is 2.81. The third-order valence-corrected chi connectivity index (χ3v) is 2.21. The van der Waals surface area contributed by atoms with E-state index in [0.29, 0.717) is 5.69 Å². The number of rotatable bonds is 4. The van der Waals surface area contributed by atoms with Crippen LogP contribution in [0.2, 0.25) is 0 Å². The summed E-state index contributed by atoms with van der Waals surface area (Å²) in [5.74, 6) is 1.05. The van der Waals surface area contributed by atoms with Gasteiger partial charge in [0.1, 0.15) is 17.6 Å². The molecule has 80 valence electrons. The molecule has 1 aromatic heterocycles. The highest BCUT2D eigenvalue weighted by Gasteiger charge is 2.07. The lowest BCUT2D eigenvalue weighted by molar-refractivity contribution is 0.724. The molecule has 15 heavy (non-hydrogen) atoms. The molecule has 0 bridgehead atoms. The summed E-state index contributed by atoms with van der Waals surface area (Å²) in [6, 6.07) is 3.88. The maximum Gasteiger partial charge on any atom is 0.144 e. The van der Waals surface area contributed by atoms with E-state index in [1.807, 2.05) is 13.8 Å². The van der Waals surface area contributed by atoms with Crippen LogP contribution in [0.15, 0.2) is 6.07 Å².